The first kappa shape index (κ1) is 17.9. The molecule has 1 aromatic heterocycles. The molecule has 0 saturated carbocycles. The zero-order valence-electron chi connectivity index (χ0n) is 12.9. The summed E-state index contributed by atoms with van der Waals surface area (Å²) >= 11 is 5.98. The first-order valence-electron chi connectivity index (χ1n) is 7.48. The lowest BCUT2D eigenvalue weighted by Crippen LogP contribution is -2.46. The molecule has 3 rings (SSSR count). The van der Waals surface area contributed by atoms with Crippen LogP contribution in [0.3, 0.4) is 0 Å². The van der Waals surface area contributed by atoms with Crippen LogP contribution in [0.2, 0.25) is 5.02 Å². The molecule has 0 bridgehead atoms. The van der Waals surface area contributed by atoms with Gasteiger partial charge in [0.1, 0.15) is 11.5 Å². The van der Waals surface area contributed by atoms with Crippen LogP contribution in [0.4, 0.5) is 27.6 Å². The van der Waals surface area contributed by atoms with Crippen LogP contribution in [0.25, 0.3) is 0 Å². The summed E-state index contributed by atoms with van der Waals surface area (Å²) in [4.78, 5) is 5.73. The lowest BCUT2D eigenvalue weighted by atomic mass is 10.2. The lowest BCUT2D eigenvalue weighted by Gasteiger charge is -2.36. The first-order chi connectivity index (χ1) is 11.9. The molecule has 0 amide bonds. The minimum Gasteiger partial charge on any atom is -0.364 e. The highest BCUT2D eigenvalue weighted by Gasteiger charge is 2.28. The molecule has 1 saturated heterocycles. The van der Waals surface area contributed by atoms with Crippen LogP contribution < -0.4 is 4.90 Å². The van der Waals surface area contributed by atoms with Gasteiger partial charge in [-0.2, -0.15) is 22.5 Å². The molecule has 1 aliphatic heterocycles. The van der Waals surface area contributed by atoms with Gasteiger partial charge in [0, 0.05) is 37.7 Å². The number of halogens is 6. The van der Waals surface area contributed by atoms with E-state index in [1.54, 1.807) is 6.07 Å². The Bertz CT molecular complexity index is 768. The Morgan fingerprint density at radius 1 is 0.920 bits per heavy atom. The van der Waals surface area contributed by atoms with Crippen molar-refractivity contribution in [1.82, 2.24) is 9.88 Å². The summed E-state index contributed by atoms with van der Waals surface area (Å²) in [6.07, 6.45) is 0. The highest BCUT2D eigenvalue weighted by molar-refractivity contribution is 6.31. The molecule has 25 heavy (non-hydrogen) atoms. The van der Waals surface area contributed by atoms with Crippen molar-refractivity contribution in [3.8, 4) is 0 Å². The van der Waals surface area contributed by atoms with Crippen molar-refractivity contribution in [3.05, 3.63) is 58.1 Å². The van der Waals surface area contributed by atoms with Gasteiger partial charge in [-0.3, -0.25) is 4.90 Å². The van der Waals surface area contributed by atoms with E-state index in [0.717, 1.165) is 5.56 Å². The molecule has 1 aromatic carbocycles. The van der Waals surface area contributed by atoms with E-state index >= 15 is 0 Å². The Morgan fingerprint density at radius 3 is 2.08 bits per heavy atom. The number of hydrogen-bond acceptors (Lipinski definition) is 3. The summed E-state index contributed by atoms with van der Waals surface area (Å²) in [6.45, 7) is 1.53. The average molecular weight is 378 g/mol. The van der Waals surface area contributed by atoms with Crippen molar-refractivity contribution < 1.29 is 22.0 Å². The van der Waals surface area contributed by atoms with Crippen molar-refractivity contribution in [2.75, 3.05) is 31.1 Å². The third-order valence-corrected chi connectivity index (χ3v) is 4.42. The largest absolute Gasteiger partial charge is 0.364 e. The number of piperazine rings is 1. The van der Waals surface area contributed by atoms with E-state index < -0.39 is 35.0 Å². The van der Waals surface area contributed by atoms with Crippen LogP contribution in [0.1, 0.15) is 5.56 Å². The smallest absolute Gasteiger partial charge is 0.253 e. The van der Waals surface area contributed by atoms with Gasteiger partial charge < -0.3 is 4.90 Å². The van der Waals surface area contributed by atoms with Crippen LogP contribution in [0.15, 0.2) is 18.2 Å². The van der Waals surface area contributed by atoms with Crippen LogP contribution in [-0.4, -0.2) is 36.1 Å². The highest BCUT2D eigenvalue weighted by Crippen LogP contribution is 2.27. The fraction of sp³-hybridized carbons (Fsp3) is 0.312. The van der Waals surface area contributed by atoms with Gasteiger partial charge in [0.15, 0.2) is 0 Å². The molecule has 0 spiro atoms. The minimum atomic E-state index is -1.67. The molecule has 3 nitrogen and oxygen atoms in total. The maximum atomic E-state index is 13.8. The van der Waals surface area contributed by atoms with Gasteiger partial charge in [-0.25, -0.2) is 4.39 Å². The molecule has 2 heterocycles. The van der Waals surface area contributed by atoms with Gasteiger partial charge >= 0.3 is 0 Å². The predicted octanol–water partition coefficient (Wildman–Crippen LogP) is 3.75. The Hall–Kier alpha value is -1.93. The molecule has 9 heteroatoms. The summed E-state index contributed by atoms with van der Waals surface area (Å²) in [5, 5.41) is 0.290. The third-order valence-electron chi connectivity index (χ3n) is 4.07. The number of hydrogen-bond donors (Lipinski definition) is 0. The summed E-state index contributed by atoms with van der Waals surface area (Å²) in [5.41, 5.74) is -0.0284. The third kappa shape index (κ3) is 3.69. The van der Waals surface area contributed by atoms with E-state index in [9.17, 15) is 22.0 Å². The van der Waals surface area contributed by atoms with Gasteiger partial charge in [-0.15, -0.1) is 0 Å². The molecule has 0 atom stereocenters. The number of anilines is 1. The average Bonchev–Trinajstić information content (AvgIpc) is 2.57. The number of benzene rings is 1. The highest BCUT2D eigenvalue weighted by atomic mass is 35.5. The van der Waals surface area contributed by atoms with Crippen molar-refractivity contribution in [2.45, 2.75) is 6.54 Å². The Balaban J connectivity index is 1.70. The van der Waals surface area contributed by atoms with Crippen molar-refractivity contribution in [2.24, 2.45) is 0 Å². The van der Waals surface area contributed by atoms with Crippen molar-refractivity contribution in [1.29, 1.82) is 0 Å². The molecule has 134 valence electrons. The SMILES string of the molecule is Fc1ccc(CN2CCN(c3c(F)c(F)nc(F)c3F)CC2)c(Cl)c1. The van der Waals surface area contributed by atoms with Crippen LogP contribution in [-0.2, 0) is 6.54 Å². The van der Waals surface area contributed by atoms with E-state index in [0.29, 0.717) is 19.6 Å². The van der Waals surface area contributed by atoms with Gasteiger partial charge in [0.05, 0.1) is 0 Å². The Kier molecular flexibility index (Phi) is 5.10. The van der Waals surface area contributed by atoms with E-state index in [4.69, 9.17) is 11.6 Å². The molecule has 1 aliphatic rings. The zero-order valence-corrected chi connectivity index (χ0v) is 13.6. The molecular weight excluding hydrogens is 365 g/mol. The summed E-state index contributed by atoms with van der Waals surface area (Å²) in [7, 11) is 0. The fourth-order valence-electron chi connectivity index (χ4n) is 2.77. The quantitative estimate of drug-likeness (QED) is 0.600. The monoisotopic (exact) mass is 377 g/mol. The second kappa shape index (κ2) is 7.13. The number of nitrogens with zero attached hydrogens (tertiary/aromatic N) is 3. The van der Waals surface area contributed by atoms with E-state index in [2.05, 4.69) is 4.98 Å². The maximum absolute atomic E-state index is 13.8. The summed E-state index contributed by atoms with van der Waals surface area (Å²) in [6, 6.07) is 4.07. The van der Waals surface area contributed by atoms with Gasteiger partial charge in [-0.1, -0.05) is 17.7 Å². The number of pyridine rings is 1. The Labute approximate surface area is 145 Å². The fourth-order valence-corrected chi connectivity index (χ4v) is 3.00. The van der Waals surface area contributed by atoms with Gasteiger partial charge in [0.2, 0.25) is 11.6 Å². The number of rotatable bonds is 3. The van der Waals surface area contributed by atoms with E-state index in [1.165, 1.54) is 17.0 Å². The maximum Gasteiger partial charge on any atom is 0.253 e. The number of aromatic nitrogens is 1. The topological polar surface area (TPSA) is 19.4 Å². The van der Waals surface area contributed by atoms with Crippen molar-refractivity contribution in [3.63, 3.8) is 0 Å². The van der Waals surface area contributed by atoms with Crippen LogP contribution >= 0.6 is 11.6 Å². The summed E-state index contributed by atoms with van der Waals surface area (Å²) < 4.78 is 67.2. The van der Waals surface area contributed by atoms with Crippen molar-refractivity contribution >= 4 is 17.3 Å². The van der Waals surface area contributed by atoms with Crippen LogP contribution in [0, 0.1) is 29.3 Å². The lowest BCUT2D eigenvalue weighted by molar-refractivity contribution is 0.247. The predicted molar refractivity (Wildman–Crippen MR) is 83.0 cm³/mol. The Morgan fingerprint density at radius 2 is 1.52 bits per heavy atom. The normalized spacial score (nSPS) is 15.7. The molecular formula is C16H13ClF5N3. The standard InChI is InChI=1S/C16H13ClF5N3/c17-11-7-10(18)2-1-9(11)8-24-3-5-25(6-4-24)14-12(19)15(21)23-16(22)13(14)20/h1-2,7H,3-6,8H2. The molecule has 1 fully saturated rings. The van der Waals surface area contributed by atoms with E-state index in [-0.39, 0.29) is 18.1 Å². The molecule has 0 aliphatic carbocycles. The second-order valence-corrected chi connectivity index (χ2v) is 6.08. The van der Waals surface area contributed by atoms with Crippen LogP contribution in [0.5, 0.6) is 0 Å². The summed E-state index contributed by atoms with van der Waals surface area (Å²) in [5.74, 6) is -6.79. The first-order valence-corrected chi connectivity index (χ1v) is 7.86. The second-order valence-electron chi connectivity index (χ2n) is 5.67. The molecule has 0 unspecified atom stereocenters. The molecule has 0 radical (unpaired) electrons. The minimum absolute atomic E-state index is 0.162. The van der Waals surface area contributed by atoms with E-state index in [1.807, 2.05) is 4.90 Å². The zero-order chi connectivity index (χ0) is 18.1. The van der Waals surface area contributed by atoms with Gasteiger partial charge in [-0.05, 0) is 17.7 Å². The van der Waals surface area contributed by atoms with Gasteiger partial charge in [0.25, 0.3) is 11.9 Å². The molecule has 2 aromatic rings. The molecule has 0 N–H and O–H groups in total.